The minimum absolute atomic E-state index is 0.0108. The second kappa shape index (κ2) is 10.1. The SMILES string of the molecule is CCN1CCN(C(=O)c2ccccc2N2CCC(NC(=O)c3ccccc3F)CC2)CC1. The zero-order chi connectivity index (χ0) is 22.5. The van der Waals surface area contributed by atoms with Gasteiger partial charge in [0, 0.05) is 51.0 Å². The van der Waals surface area contributed by atoms with Crippen LogP contribution in [0.1, 0.15) is 40.5 Å². The topological polar surface area (TPSA) is 55.9 Å². The van der Waals surface area contributed by atoms with Gasteiger partial charge < -0.3 is 20.0 Å². The molecule has 0 spiro atoms. The molecular formula is C25H31FN4O2. The van der Waals surface area contributed by atoms with Crippen molar-refractivity contribution in [2.45, 2.75) is 25.8 Å². The fraction of sp³-hybridized carbons (Fsp3) is 0.440. The van der Waals surface area contributed by atoms with Crippen LogP contribution in [0.5, 0.6) is 0 Å². The number of anilines is 1. The second-order valence-corrected chi connectivity index (χ2v) is 8.46. The van der Waals surface area contributed by atoms with Gasteiger partial charge in [-0.2, -0.15) is 0 Å². The van der Waals surface area contributed by atoms with Gasteiger partial charge in [0.2, 0.25) is 0 Å². The van der Waals surface area contributed by atoms with Crippen molar-refractivity contribution in [2.75, 3.05) is 50.7 Å². The van der Waals surface area contributed by atoms with Crippen LogP contribution in [0.25, 0.3) is 0 Å². The standard InChI is InChI=1S/C25H31FN4O2/c1-2-28-15-17-30(18-16-28)25(32)21-8-4-6-10-23(21)29-13-11-19(12-14-29)27-24(31)20-7-3-5-9-22(20)26/h3-10,19H,2,11-18H2,1H3,(H,27,31). The lowest BCUT2D eigenvalue weighted by Gasteiger charge is -2.37. The molecule has 170 valence electrons. The molecule has 0 unspecified atom stereocenters. The molecule has 32 heavy (non-hydrogen) atoms. The van der Waals surface area contributed by atoms with Gasteiger partial charge in [-0.1, -0.05) is 31.2 Å². The first kappa shape index (κ1) is 22.3. The van der Waals surface area contributed by atoms with Crippen LogP contribution in [0.3, 0.4) is 0 Å². The number of carbonyl (C=O) groups is 2. The highest BCUT2D eigenvalue weighted by molar-refractivity contribution is 6.00. The fourth-order valence-corrected chi connectivity index (χ4v) is 4.54. The van der Waals surface area contributed by atoms with Gasteiger partial charge >= 0.3 is 0 Å². The minimum Gasteiger partial charge on any atom is -0.371 e. The van der Waals surface area contributed by atoms with Crippen molar-refractivity contribution in [1.82, 2.24) is 15.1 Å². The molecule has 6 nitrogen and oxygen atoms in total. The number of hydrogen-bond acceptors (Lipinski definition) is 4. The molecule has 4 rings (SSSR count). The van der Waals surface area contributed by atoms with Crippen LogP contribution < -0.4 is 10.2 Å². The average molecular weight is 439 g/mol. The van der Waals surface area contributed by atoms with E-state index in [2.05, 4.69) is 22.0 Å². The predicted octanol–water partition coefficient (Wildman–Crippen LogP) is 3.00. The van der Waals surface area contributed by atoms with Crippen molar-refractivity contribution in [3.8, 4) is 0 Å². The first-order chi connectivity index (χ1) is 15.6. The molecule has 2 heterocycles. The molecule has 2 aromatic rings. The number of nitrogens with zero attached hydrogens (tertiary/aromatic N) is 3. The van der Waals surface area contributed by atoms with Crippen molar-refractivity contribution in [2.24, 2.45) is 0 Å². The molecule has 2 aromatic carbocycles. The summed E-state index contributed by atoms with van der Waals surface area (Å²) >= 11 is 0. The molecule has 7 heteroatoms. The van der Waals surface area contributed by atoms with E-state index in [4.69, 9.17) is 0 Å². The summed E-state index contributed by atoms with van der Waals surface area (Å²) in [6.45, 7) is 7.97. The van der Waals surface area contributed by atoms with Crippen molar-refractivity contribution in [3.63, 3.8) is 0 Å². The van der Waals surface area contributed by atoms with Gasteiger partial charge in [0.25, 0.3) is 11.8 Å². The van der Waals surface area contributed by atoms with E-state index in [-0.39, 0.29) is 23.4 Å². The second-order valence-electron chi connectivity index (χ2n) is 8.46. The third kappa shape index (κ3) is 4.93. The summed E-state index contributed by atoms with van der Waals surface area (Å²) in [5.41, 5.74) is 1.77. The molecule has 0 saturated carbocycles. The Hall–Kier alpha value is -2.93. The van der Waals surface area contributed by atoms with E-state index in [1.807, 2.05) is 29.2 Å². The summed E-state index contributed by atoms with van der Waals surface area (Å²) in [5, 5.41) is 2.96. The van der Waals surface area contributed by atoms with Gasteiger partial charge in [0.1, 0.15) is 5.82 Å². The Bertz CT molecular complexity index is 950. The molecule has 2 saturated heterocycles. The highest BCUT2D eigenvalue weighted by Crippen LogP contribution is 2.26. The molecule has 2 fully saturated rings. The monoisotopic (exact) mass is 438 g/mol. The lowest BCUT2D eigenvalue weighted by atomic mass is 10.0. The first-order valence-corrected chi connectivity index (χ1v) is 11.5. The zero-order valence-electron chi connectivity index (χ0n) is 18.6. The van der Waals surface area contributed by atoms with Crippen LogP contribution >= 0.6 is 0 Å². The molecule has 2 amide bonds. The number of carbonyl (C=O) groups excluding carboxylic acids is 2. The van der Waals surface area contributed by atoms with Gasteiger partial charge in [0.05, 0.1) is 11.1 Å². The Morgan fingerprint density at radius 3 is 2.19 bits per heavy atom. The average Bonchev–Trinajstić information content (AvgIpc) is 2.84. The fourth-order valence-electron chi connectivity index (χ4n) is 4.54. The van der Waals surface area contributed by atoms with Crippen LogP contribution in [0.15, 0.2) is 48.5 Å². The van der Waals surface area contributed by atoms with Crippen molar-refractivity contribution in [1.29, 1.82) is 0 Å². The van der Waals surface area contributed by atoms with Crippen molar-refractivity contribution >= 4 is 17.5 Å². The van der Waals surface area contributed by atoms with E-state index >= 15 is 0 Å². The van der Waals surface area contributed by atoms with Crippen LogP contribution in [0.2, 0.25) is 0 Å². The molecule has 0 radical (unpaired) electrons. The van der Waals surface area contributed by atoms with E-state index in [0.717, 1.165) is 69.9 Å². The Kier molecular flexibility index (Phi) is 7.05. The summed E-state index contributed by atoms with van der Waals surface area (Å²) < 4.78 is 13.9. The maximum absolute atomic E-state index is 13.9. The number of benzene rings is 2. The summed E-state index contributed by atoms with van der Waals surface area (Å²) in [6, 6.07) is 13.8. The van der Waals surface area contributed by atoms with Gasteiger partial charge in [-0.3, -0.25) is 9.59 Å². The number of hydrogen-bond donors (Lipinski definition) is 1. The molecule has 1 N–H and O–H groups in total. The highest BCUT2D eigenvalue weighted by Gasteiger charge is 2.27. The Morgan fingerprint density at radius 2 is 1.53 bits per heavy atom. The van der Waals surface area contributed by atoms with E-state index < -0.39 is 5.82 Å². The summed E-state index contributed by atoms with van der Waals surface area (Å²) in [7, 11) is 0. The lowest BCUT2D eigenvalue weighted by Crippen LogP contribution is -2.49. The number of likely N-dealkylation sites (N-methyl/N-ethyl adjacent to an activating group) is 1. The summed E-state index contributed by atoms with van der Waals surface area (Å²) in [5.74, 6) is -0.788. The molecule has 2 aliphatic rings. The number of nitrogens with one attached hydrogen (secondary N) is 1. The smallest absolute Gasteiger partial charge is 0.256 e. The maximum Gasteiger partial charge on any atom is 0.256 e. The largest absolute Gasteiger partial charge is 0.371 e. The number of para-hydroxylation sites is 1. The van der Waals surface area contributed by atoms with Crippen molar-refractivity contribution < 1.29 is 14.0 Å². The van der Waals surface area contributed by atoms with Crippen LogP contribution in [-0.4, -0.2) is 73.5 Å². The third-order valence-electron chi connectivity index (χ3n) is 6.53. The van der Waals surface area contributed by atoms with Crippen LogP contribution in [0, 0.1) is 5.82 Å². The number of rotatable bonds is 5. The van der Waals surface area contributed by atoms with Gasteiger partial charge in [-0.05, 0) is 43.7 Å². The number of piperazine rings is 1. The first-order valence-electron chi connectivity index (χ1n) is 11.5. The molecule has 0 aromatic heterocycles. The van der Waals surface area contributed by atoms with Gasteiger partial charge in [0.15, 0.2) is 0 Å². The summed E-state index contributed by atoms with van der Waals surface area (Å²) in [6.07, 6.45) is 1.50. The van der Waals surface area contributed by atoms with E-state index in [9.17, 15) is 14.0 Å². The zero-order valence-corrected chi connectivity index (χ0v) is 18.6. The molecule has 0 aliphatic carbocycles. The van der Waals surface area contributed by atoms with Gasteiger partial charge in [-0.15, -0.1) is 0 Å². The maximum atomic E-state index is 13.9. The van der Waals surface area contributed by atoms with E-state index in [1.165, 1.54) is 12.1 Å². The Labute approximate surface area is 189 Å². The third-order valence-corrected chi connectivity index (χ3v) is 6.53. The summed E-state index contributed by atoms with van der Waals surface area (Å²) in [4.78, 5) is 32.2. The Balaban J connectivity index is 1.37. The minimum atomic E-state index is -0.505. The number of piperidine rings is 1. The predicted molar refractivity (Wildman–Crippen MR) is 124 cm³/mol. The number of halogens is 1. The van der Waals surface area contributed by atoms with E-state index in [0.29, 0.717) is 0 Å². The van der Waals surface area contributed by atoms with Crippen molar-refractivity contribution in [3.05, 3.63) is 65.5 Å². The highest BCUT2D eigenvalue weighted by atomic mass is 19.1. The molecule has 2 aliphatic heterocycles. The molecular weight excluding hydrogens is 407 g/mol. The quantitative estimate of drug-likeness (QED) is 0.780. The van der Waals surface area contributed by atoms with E-state index in [1.54, 1.807) is 12.1 Å². The normalized spacial score (nSPS) is 17.9. The van der Waals surface area contributed by atoms with Gasteiger partial charge in [-0.25, -0.2) is 4.39 Å². The van der Waals surface area contributed by atoms with Crippen LogP contribution in [0.4, 0.5) is 10.1 Å². The Morgan fingerprint density at radius 1 is 0.906 bits per heavy atom. The molecule has 0 bridgehead atoms. The lowest BCUT2D eigenvalue weighted by molar-refractivity contribution is 0.0644. The number of amides is 2. The van der Waals surface area contributed by atoms with Crippen LogP contribution in [-0.2, 0) is 0 Å². The molecule has 0 atom stereocenters.